The maximum atomic E-state index is 12.9. The van der Waals surface area contributed by atoms with Crippen molar-refractivity contribution in [2.45, 2.75) is 25.6 Å². The molecule has 0 unspecified atom stereocenters. The topological polar surface area (TPSA) is 46.9 Å². The first kappa shape index (κ1) is 20.7. The smallest absolute Gasteiger partial charge is 0.325 e. The van der Waals surface area contributed by atoms with Crippen LogP contribution in [0.5, 0.6) is 0 Å². The van der Waals surface area contributed by atoms with Crippen molar-refractivity contribution in [2.75, 3.05) is 5.32 Å². The molecular weight excluding hydrogens is 403 g/mol. The number of hydrogen-bond acceptors (Lipinski definition) is 2. The SMILES string of the molecule is O=C(Cn1c(CCc2ccccc2)nc2ccccc21)Nc1cccc(C(F)(F)F)c1. The van der Waals surface area contributed by atoms with Crippen LogP contribution in [0.3, 0.4) is 0 Å². The summed E-state index contributed by atoms with van der Waals surface area (Å²) in [5.41, 5.74) is 2.05. The third kappa shape index (κ3) is 4.94. The van der Waals surface area contributed by atoms with Crippen molar-refractivity contribution >= 4 is 22.6 Å². The zero-order valence-electron chi connectivity index (χ0n) is 16.6. The van der Waals surface area contributed by atoms with E-state index >= 15 is 0 Å². The van der Waals surface area contributed by atoms with Crippen molar-refractivity contribution in [1.82, 2.24) is 9.55 Å². The van der Waals surface area contributed by atoms with E-state index in [2.05, 4.69) is 10.3 Å². The number of para-hydroxylation sites is 2. The van der Waals surface area contributed by atoms with Crippen LogP contribution in [-0.2, 0) is 30.4 Å². The lowest BCUT2D eigenvalue weighted by Crippen LogP contribution is -2.20. The summed E-state index contributed by atoms with van der Waals surface area (Å²) >= 11 is 0. The molecule has 0 saturated carbocycles. The van der Waals surface area contributed by atoms with Gasteiger partial charge in [0.25, 0.3) is 0 Å². The van der Waals surface area contributed by atoms with Crippen LogP contribution in [0.25, 0.3) is 11.0 Å². The number of imidazole rings is 1. The lowest BCUT2D eigenvalue weighted by atomic mass is 10.1. The van der Waals surface area contributed by atoms with Gasteiger partial charge in [0.2, 0.25) is 5.91 Å². The number of nitrogens with zero attached hydrogens (tertiary/aromatic N) is 2. The standard InChI is InChI=1S/C24H20F3N3O/c25-24(26,27)18-9-6-10-19(15-18)28-23(31)16-30-21-12-5-4-11-20(21)29-22(30)14-13-17-7-2-1-3-8-17/h1-12,15H,13-14,16H2,(H,28,31). The van der Waals surface area contributed by atoms with Gasteiger partial charge in [0.05, 0.1) is 16.6 Å². The molecule has 4 nitrogen and oxygen atoms in total. The maximum absolute atomic E-state index is 12.9. The van der Waals surface area contributed by atoms with Gasteiger partial charge in [-0.1, -0.05) is 48.5 Å². The first-order chi connectivity index (χ1) is 14.9. The van der Waals surface area contributed by atoms with Crippen LogP contribution in [0.15, 0.2) is 78.9 Å². The van der Waals surface area contributed by atoms with E-state index in [1.54, 1.807) is 0 Å². The summed E-state index contributed by atoms with van der Waals surface area (Å²) < 4.78 is 40.6. The van der Waals surface area contributed by atoms with Crippen molar-refractivity contribution in [3.8, 4) is 0 Å². The van der Waals surface area contributed by atoms with Crippen LogP contribution < -0.4 is 5.32 Å². The minimum absolute atomic E-state index is 0.0408. The van der Waals surface area contributed by atoms with Crippen molar-refractivity contribution in [3.63, 3.8) is 0 Å². The molecule has 31 heavy (non-hydrogen) atoms. The number of rotatable bonds is 6. The summed E-state index contributed by atoms with van der Waals surface area (Å²) in [5.74, 6) is 0.340. The lowest BCUT2D eigenvalue weighted by Gasteiger charge is -2.12. The highest BCUT2D eigenvalue weighted by Gasteiger charge is 2.30. The molecule has 4 aromatic rings. The Balaban J connectivity index is 1.55. The molecule has 0 aliphatic heterocycles. The van der Waals surface area contributed by atoms with E-state index < -0.39 is 17.6 Å². The molecule has 1 aromatic heterocycles. The van der Waals surface area contributed by atoms with Crippen LogP contribution in [-0.4, -0.2) is 15.5 Å². The summed E-state index contributed by atoms with van der Waals surface area (Å²) in [6.45, 7) is -0.0408. The molecule has 4 rings (SSSR count). The monoisotopic (exact) mass is 423 g/mol. The van der Waals surface area contributed by atoms with Crippen LogP contribution in [0.1, 0.15) is 17.0 Å². The number of fused-ring (bicyclic) bond motifs is 1. The number of hydrogen-bond donors (Lipinski definition) is 1. The second-order valence-electron chi connectivity index (χ2n) is 7.22. The van der Waals surface area contributed by atoms with Gasteiger partial charge < -0.3 is 9.88 Å². The quantitative estimate of drug-likeness (QED) is 0.447. The Hall–Kier alpha value is -3.61. The van der Waals surface area contributed by atoms with Crippen molar-refractivity contribution in [2.24, 2.45) is 0 Å². The van der Waals surface area contributed by atoms with E-state index in [1.165, 1.54) is 12.1 Å². The van der Waals surface area contributed by atoms with Crippen molar-refractivity contribution in [3.05, 3.63) is 95.8 Å². The Kier molecular flexibility index (Phi) is 5.75. The minimum atomic E-state index is -4.47. The van der Waals surface area contributed by atoms with Gasteiger partial charge in [-0.25, -0.2) is 4.98 Å². The second-order valence-corrected chi connectivity index (χ2v) is 7.22. The number of carbonyl (C=O) groups is 1. The summed E-state index contributed by atoms with van der Waals surface area (Å²) in [4.78, 5) is 17.3. The molecule has 0 spiro atoms. The van der Waals surface area contributed by atoms with Gasteiger partial charge >= 0.3 is 6.18 Å². The summed E-state index contributed by atoms with van der Waals surface area (Å²) in [5, 5.41) is 2.57. The van der Waals surface area contributed by atoms with Crippen LogP contribution in [0.2, 0.25) is 0 Å². The summed E-state index contributed by atoms with van der Waals surface area (Å²) in [6, 6.07) is 22.1. The number of alkyl halides is 3. The highest BCUT2D eigenvalue weighted by molar-refractivity contribution is 5.91. The van der Waals surface area contributed by atoms with E-state index in [9.17, 15) is 18.0 Å². The molecule has 1 amide bonds. The molecule has 0 aliphatic rings. The van der Waals surface area contributed by atoms with Crippen LogP contribution >= 0.6 is 0 Å². The molecule has 3 aromatic carbocycles. The third-order valence-corrected chi connectivity index (χ3v) is 4.99. The van der Waals surface area contributed by atoms with E-state index in [0.717, 1.165) is 41.0 Å². The Morgan fingerprint density at radius 2 is 1.65 bits per heavy atom. The summed E-state index contributed by atoms with van der Waals surface area (Å²) in [6.07, 6.45) is -3.07. The molecule has 0 radical (unpaired) electrons. The van der Waals surface area contributed by atoms with Gasteiger partial charge in [-0.2, -0.15) is 13.2 Å². The van der Waals surface area contributed by atoms with Gasteiger partial charge in [0.1, 0.15) is 12.4 Å². The summed E-state index contributed by atoms with van der Waals surface area (Å²) in [7, 11) is 0. The average molecular weight is 423 g/mol. The van der Waals surface area contributed by atoms with E-state index in [4.69, 9.17) is 0 Å². The number of aromatic nitrogens is 2. The first-order valence-corrected chi connectivity index (χ1v) is 9.85. The van der Waals surface area contributed by atoms with Crippen molar-refractivity contribution < 1.29 is 18.0 Å². The van der Waals surface area contributed by atoms with E-state index in [-0.39, 0.29) is 12.2 Å². The van der Waals surface area contributed by atoms with E-state index in [1.807, 2.05) is 59.2 Å². The highest BCUT2D eigenvalue weighted by atomic mass is 19.4. The normalized spacial score (nSPS) is 11.6. The van der Waals surface area contributed by atoms with Crippen molar-refractivity contribution in [1.29, 1.82) is 0 Å². The molecule has 0 saturated heterocycles. The molecule has 0 fully saturated rings. The largest absolute Gasteiger partial charge is 0.416 e. The molecule has 1 heterocycles. The Morgan fingerprint density at radius 3 is 2.42 bits per heavy atom. The van der Waals surface area contributed by atoms with E-state index in [0.29, 0.717) is 6.42 Å². The molecule has 0 aliphatic carbocycles. The molecular formula is C24H20F3N3O. The van der Waals surface area contributed by atoms with Gasteiger partial charge in [-0.05, 0) is 42.3 Å². The Bertz CT molecular complexity index is 1200. The number of amides is 1. The van der Waals surface area contributed by atoms with Crippen LogP contribution in [0.4, 0.5) is 18.9 Å². The number of aryl methyl sites for hydroxylation is 2. The second kappa shape index (κ2) is 8.63. The number of benzene rings is 3. The zero-order chi connectivity index (χ0) is 21.8. The number of carbonyl (C=O) groups excluding carboxylic acids is 1. The fourth-order valence-corrected chi connectivity index (χ4v) is 3.51. The third-order valence-electron chi connectivity index (χ3n) is 4.99. The molecule has 7 heteroatoms. The van der Waals surface area contributed by atoms with Gasteiger partial charge in [-0.3, -0.25) is 4.79 Å². The number of halogens is 3. The van der Waals surface area contributed by atoms with Crippen LogP contribution in [0, 0.1) is 0 Å². The Labute approximate surface area is 177 Å². The molecule has 158 valence electrons. The lowest BCUT2D eigenvalue weighted by molar-refractivity contribution is -0.137. The van der Waals surface area contributed by atoms with Gasteiger partial charge in [0.15, 0.2) is 0 Å². The molecule has 1 N–H and O–H groups in total. The number of anilines is 1. The highest BCUT2D eigenvalue weighted by Crippen LogP contribution is 2.30. The molecule has 0 bridgehead atoms. The first-order valence-electron chi connectivity index (χ1n) is 9.85. The minimum Gasteiger partial charge on any atom is -0.325 e. The average Bonchev–Trinajstić information content (AvgIpc) is 3.10. The zero-order valence-corrected chi connectivity index (χ0v) is 16.6. The predicted molar refractivity (Wildman–Crippen MR) is 114 cm³/mol. The Morgan fingerprint density at radius 1 is 0.903 bits per heavy atom. The fraction of sp³-hybridized carbons (Fsp3) is 0.167. The van der Waals surface area contributed by atoms with Gasteiger partial charge in [-0.15, -0.1) is 0 Å². The predicted octanol–water partition coefficient (Wildman–Crippen LogP) is 5.48. The maximum Gasteiger partial charge on any atom is 0.416 e. The fourth-order valence-electron chi connectivity index (χ4n) is 3.51. The molecule has 0 atom stereocenters. The number of nitrogens with one attached hydrogen (secondary N) is 1. The van der Waals surface area contributed by atoms with Gasteiger partial charge in [0, 0.05) is 12.1 Å².